The Labute approximate surface area is 240 Å². The molecular weight excluding hydrogens is 533 g/mol. The van der Waals surface area contributed by atoms with Crippen LogP contribution in [0.15, 0.2) is 30.5 Å². The third kappa shape index (κ3) is 7.75. The number of alkyl halides is 3. The smallest absolute Gasteiger partial charge is 0.354 e. The number of aromatic nitrogens is 2. The minimum Gasteiger partial charge on any atom is -0.354 e. The molecule has 1 saturated carbocycles. The lowest BCUT2D eigenvalue weighted by Gasteiger charge is -2.36. The number of piperidine rings is 1. The van der Waals surface area contributed by atoms with E-state index in [0.717, 1.165) is 45.1 Å². The minimum atomic E-state index is -4.61. The molecule has 0 spiro atoms. The highest BCUT2D eigenvalue weighted by atomic mass is 19.4. The molecule has 2 N–H and O–H groups in total. The number of hydrogen-bond donors (Lipinski definition) is 2. The Kier molecular flexibility index (Phi) is 9.88. The standard InChI is InChI=1S/C30H41F3N6O2/c1-5-39-15-13-23(14-16-39)38(4)28(41)20-9-11-22(12-10-20)36-29-34-18-25(30(31,32)33)26(37-29)17-21-7-6-8-24(21)27(40)35-19(2)3/h9-12,18-19,21,23-24H,5-8,13-17H2,1-4H3,(H,35,40)(H,34,36,37)/t21-,24-/m0/s1. The molecular formula is C30H41F3N6O2. The van der Waals surface area contributed by atoms with Crippen molar-refractivity contribution < 1.29 is 22.8 Å². The van der Waals surface area contributed by atoms with Gasteiger partial charge < -0.3 is 20.4 Å². The zero-order chi connectivity index (χ0) is 29.7. The first kappa shape index (κ1) is 30.7. The summed E-state index contributed by atoms with van der Waals surface area (Å²) in [5.41, 5.74) is 0.0941. The molecule has 11 heteroatoms. The number of carbonyl (C=O) groups excluding carboxylic acids is 2. The molecule has 1 aliphatic carbocycles. The summed E-state index contributed by atoms with van der Waals surface area (Å²) >= 11 is 0. The van der Waals surface area contributed by atoms with E-state index in [1.165, 1.54) is 0 Å². The van der Waals surface area contributed by atoms with Crippen molar-refractivity contribution in [2.45, 2.75) is 77.6 Å². The first-order valence-corrected chi connectivity index (χ1v) is 14.6. The SMILES string of the molecule is CCN1CCC(N(C)C(=O)c2ccc(Nc3ncc(C(F)(F)F)c(C[C@@H]4CCC[C@@H]4C(=O)NC(C)C)n3)cc2)CC1. The summed E-state index contributed by atoms with van der Waals surface area (Å²) < 4.78 is 41.5. The normalized spacial score (nSPS) is 20.3. The molecule has 224 valence electrons. The van der Waals surface area contributed by atoms with Crippen LogP contribution in [0, 0.1) is 11.8 Å². The van der Waals surface area contributed by atoms with Crippen LogP contribution in [0.4, 0.5) is 24.8 Å². The Morgan fingerprint density at radius 1 is 1.10 bits per heavy atom. The summed E-state index contributed by atoms with van der Waals surface area (Å²) in [5, 5.41) is 5.87. The first-order valence-electron chi connectivity index (χ1n) is 14.6. The zero-order valence-electron chi connectivity index (χ0n) is 24.3. The molecule has 2 atom stereocenters. The maximum Gasteiger partial charge on any atom is 0.419 e. The molecule has 8 nitrogen and oxygen atoms in total. The molecule has 2 aliphatic rings. The highest BCUT2D eigenvalue weighted by Gasteiger charge is 2.39. The van der Waals surface area contributed by atoms with Crippen LogP contribution in [-0.4, -0.2) is 70.3 Å². The predicted molar refractivity (Wildman–Crippen MR) is 152 cm³/mol. The molecule has 4 rings (SSSR count). The molecule has 0 unspecified atom stereocenters. The van der Waals surface area contributed by atoms with Gasteiger partial charge in [0.15, 0.2) is 0 Å². The summed E-state index contributed by atoms with van der Waals surface area (Å²) in [6.07, 6.45) is 0.222. The van der Waals surface area contributed by atoms with Gasteiger partial charge in [-0.05, 0) is 82.7 Å². The maximum atomic E-state index is 13.8. The fourth-order valence-electron chi connectivity index (χ4n) is 5.95. The van der Waals surface area contributed by atoms with Crippen LogP contribution in [0.3, 0.4) is 0 Å². The highest BCUT2D eigenvalue weighted by Crippen LogP contribution is 2.38. The van der Waals surface area contributed by atoms with Crippen molar-refractivity contribution in [1.29, 1.82) is 0 Å². The second-order valence-corrected chi connectivity index (χ2v) is 11.5. The summed E-state index contributed by atoms with van der Waals surface area (Å²) in [5.74, 6) is -0.711. The van der Waals surface area contributed by atoms with Gasteiger partial charge in [0, 0.05) is 55.6 Å². The van der Waals surface area contributed by atoms with Gasteiger partial charge in [0.1, 0.15) is 0 Å². The topological polar surface area (TPSA) is 90.5 Å². The molecule has 2 heterocycles. The average molecular weight is 575 g/mol. The molecule has 2 amide bonds. The van der Waals surface area contributed by atoms with E-state index < -0.39 is 11.7 Å². The second kappa shape index (κ2) is 13.2. The van der Waals surface area contributed by atoms with Gasteiger partial charge >= 0.3 is 6.18 Å². The quantitative estimate of drug-likeness (QED) is 0.424. The molecule has 1 aliphatic heterocycles. The number of likely N-dealkylation sites (tertiary alicyclic amines) is 1. The second-order valence-electron chi connectivity index (χ2n) is 11.5. The van der Waals surface area contributed by atoms with E-state index in [4.69, 9.17) is 0 Å². The van der Waals surface area contributed by atoms with Gasteiger partial charge in [-0.1, -0.05) is 13.3 Å². The van der Waals surface area contributed by atoms with Gasteiger partial charge in [-0.3, -0.25) is 9.59 Å². The van der Waals surface area contributed by atoms with Crippen LogP contribution in [0.5, 0.6) is 0 Å². The van der Waals surface area contributed by atoms with Crippen molar-refractivity contribution in [1.82, 2.24) is 25.1 Å². The Balaban J connectivity index is 1.46. The van der Waals surface area contributed by atoms with Gasteiger partial charge in [-0.15, -0.1) is 0 Å². The lowest BCUT2D eigenvalue weighted by Crippen LogP contribution is -2.45. The van der Waals surface area contributed by atoms with Gasteiger partial charge in [0.2, 0.25) is 11.9 Å². The number of halogens is 3. The number of carbonyl (C=O) groups is 2. The molecule has 1 aromatic carbocycles. The number of benzene rings is 1. The molecule has 0 radical (unpaired) electrons. The van der Waals surface area contributed by atoms with E-state index in [2.05, 4.69) is 32.4 Å². The average Bonchev–Trinajstić information content (AvgIpc) is 3.40. The van der Waals surface area contributed by atoms with E-state index in [0.29, 0.717) is 24.1 Å². The number of amides is 2. The van der Waals surface area contributed by atoms with Gasteiger partial charge in [-0.2, -0.15) is 13.2 Å². The Morgan fingerprint density at radius 2 is 1.78 bits per heavy atom. The fourth-order valence-corrected chi connectivity index (χ4v) is 5.95. The van der Waals surface area contributed by atoms with Crippen molar-refractivity contribution in [3.8, 4) is 0 Å². The first-order chi connectivity index (χ1) is 19.5. The van der Waals surface area contributed by atoms with E-state index in [1.54, 1.807) is 29.2 Å². The number of anilines is 2. The summed E-state index contributed by atoms with van der Waals surface area (Å²) in [6, 6.07) is 6.95. The summed E-state index contributed by atoms with van der Waals surface area (Å²) in [6.45, 7) is 8.83. The molecule has 2 aromatic rings. The van der Waals surface area contributed by atoms with E-state index in [-0.39, 0.29) is 53.8 Å². The lowest BCUT2D eigenvalue weighted by molar-refractivity contribution is -0.138. The molecule has 1 aromatic heterocycles. The van der Waals surface area contributed by atoms with Crippen LogP contribution in [0.25, 0.3) is 0 Å². The predicted octanol–water partition coefficient (Wildman–Crippen LogP) is 5.28. The molecule has 41 heavy (non-hydrogen) atoms. The van der Waals surface area contributed by atoms with Gasteiger partial charge in [0.25, 0.3) is 5.91 Å². The molecule has 0 bridgehead atoms. The fraction of sp³-hybridized carbons (Fsp3) is 0.600. The Hall–Kier alpha value is -3.21. The Bertz CT molecular complexity index is 1200. The summed E-state index contributed by atoms with van der Waals surface area (Å²) in [7, 11) is 1.83. The van der Waals surface area contributed by atoms with Crippen LogP contribution in [-0.2, 0) is 17.4 Å². The lowest BCUT2D eigenvalue weighted by atomic mass is 9.89. The largest absolute Gasteiger partial charge is 0.419 e. The van der Waals surface area contributed by atoms with E-state index in [9.17, 15) is 22.8 Å². The number of rotatable bonds is 9. The third-order valence-electron chi connectivity index (χ3n) is 8.32. The van der Waals surface area contributed by atoms with Crippen molar-refractivity contribution in [3.63, 3.8) is 0 Å². The van der Waals surface area contributed by atoms with E-state index in [1.807, 2.05) is 20.9 Å². The Morgan fingerprint density at radius 3 is 2.39 bits per heavy atom. The van der Waals surface area contributed by atoms with Crippen molar-refractivity contribution in [3.05, 3.63) is 47.3 Å². The van der Waals surface area contributed by atoms with Crippen LogP contribution < -0.4 is 10.6 Å². The molecule has 1 saturated heterocycles. The van der Waals surface area contributed by atoms with Gasteiger partial charge in [0.05, 0.1) is 11.3 Å². The zero-order valence-corrected chi connectivity index (χ0v) is 24.3. The van der Waals surface area contributed by atoms with Crippen molar-refractivity contribution in [2.75, 3.05) is 32.0 Å². The molecule has 2 fully saturated rings. The monoisotopic (exact) mass is 574 g/mol. The number of hydrogen-bond acceptors (Lipinski definition) is 6. The van der Waals surface area contributed by atoms with E-state index >= 15 is 0 Å². The number of nitrogens with one attached hydrogen (secondary N) is 2. The maximum absolute atomic E-state index is 13.8. The van der Waals surface area contributed by atoms with Crippen LogP contribution >= 0.6 is 0 Å². The third-order valence-corrected chi connectivity index (χ3v) is 8.32. The van der Waals surface area contributed by atoms with Crippen molar-refractivity contribution >= 4 is 23.5 Å². The van der Waals surface area contributed by atoms with Crippen LogP contribution in [0.2, 0.25) is 0 Å². The number of nitrogens with zero attached hydrogens (tertiary/aromatic N) is 4. The van der Waals surface area contributed by atoms with Crippen molar-refractivity contribution in [2.24, 2.45) is 11.8 Å². The summed E-state index contributed by atoms with van der Waals surface area (Å²) in [4.78, 5) is 38.1. The highest BCUT2D eigenvalue weighted by molar-refractivity contribution is 5.94. The van der Waals surface area contributed by atoms with Gasteiger partial charge in [-0.25, -0.2) is 9.97 Å². The van der Waals surface area contributed by atoms with Crippen LogP contribution in [0.1, 0.15) is 74.5 Å². The minimum absolute atomic E-state index is 0.0352.